The smallest absolute Gasteiger partial charge is 0.125 e. The van der Waals surface area contributed by atoms with Crippen LogP contribution in [-0.4, -0.2) is 24.2 Å². The zero-order valence-electron chi connectivity index (χ0n) is 10.1. The van der Waals surface area contributed by atoms with Crippen molar-refractivity contribution < 1.29 is 4.74 Å². The lowest BCUT2D eigenvalue weighted by Gasteiger charge is -2.16. The Balaban J connectivity index is 2.32. The van der Waals surface area contributed by atoms with Gasteiger partial charge in [-0.1, -0.05) is 19.6 Å². The lowest BCUT2D eigenvalue weighted by Crippen LogP contribution is -2.22. The highest BCUT2D eigenvalue weighted by atomic mass is 28.3. The van der Waals surface area contributed by atoms with Crippen molar-refractivity contribution in [3.63, 3.8) is 0 Å². The number of hydrogen-bond donors (Lipinski definition) is 1. The summed E-state index contributed by atoms with van der Waals surface area (Å²) in [5.74, 6) is 1.57. The van der Waals surface area contributed by atoms with Crippen LogP contribution in [0.5, 0.6) is 0 Å². The standard InChI is InChI=1S/C10H21N3OSi/c1-9-12-7-10(11)13(9)8-14-5-6-15(2,3)4/h7H,5-6,8,11H2,1-4H3. The molecule has 0 aliphatic rings. The van der Waals surface area contributed by atoms with Crippen LogP contribution in [-0.2, 0) is 11.5 Å². The van der Waals surface area contributed by atoms with E-state index in [0.29, 0.717) is 12.5 Å². The van der Waals surface area contributed by atoms with E-state index in [-0.39, 0.29) is 0 Å². The normalized spacial score (nSPS) is 12.0. The Bertz CT molecular complexity index is 297. The Morgan fingerprint density at radius 2 is 2.13 bits per heavy atom. The highest BCUT2D eigenvalue weighted by molar-refractivity contribution is 6.76. The summed E-state index contributed by atoms with van der Waals surface area (Å²) in [6, 6.07) is 1.18. The number of rotatable bonds is 5. The maximum atomic E-state index is 5.74. The second-order valence-electron chi connectivity index (χ2n) is 5.01. The molecular weight excluding hydrogens is 206 g/mol. The summed E-state index contributed by atoms with van der Waals surface area (Å²) in [7, 11) is -0.988. The first-order valence-electron chi connectivity index (χ1n) is 5.25. The topological polar surface area (TPSA) is 53.1 Å². The van der Waals surface area contributed by atoms with E-state index in [1.165, 1.54) is 6.04 Å². The molecule has 0 fully saturated rings. The van der Waals surface area contributed by atoms with Crippen LogP contribution >= 0.6 is 0 Å². The number of aryl methyl sites for hydroxylation is 1. The van der Waals surface area contributed by atoms with Crippen LogP contribution in [0.2, 0.25) is 25.7 Å². The highest BCUT2D eigenvalue weighted by Crippen LogP contribution is 2.10. The molecule has 15 heavy (non-hydrogen) atoms. The molecule has 0 bridgehead atoms. The highest BCUT2D eigenvalue weighted by Gasteiger charge is 2.12. The summed E-state index contributed by atoms with van der Waals surface area (Å²) in [6.45, 7) is 10.3. The van der Waals surface area contributed by atoms with E-state index < -0.39 is 8.07 Å². The van der Waals surface area contributed by atoms with Gasteiger partial charge in [0.1, 0.15) is 18.4 Å². The maximum absolute atomic E-state index is 5.74. The van der Waals surface area contributed by atoms with Crippen molar-refractivity contribution in [1.82, 2.24) is 9.55 Å². The van der Waals surface area contributed by atoms with Crippen molar-refractivity contribution in [3.05, 3.63) is 12.0 Å². The first-order valence-corrected chi connectivity index (χ1v) is 8.96. The van der Waals surface area contributed by atoms with E-state index in [4.69, 9.17) is 10.5 Å². The van der Waals surface area contributed by atoms with Crippen molar-refractivity contribution >= 4 is 13.9 Å². The van der Waals surface area contributed by atoms with Gasteiger partial charge in [0.25, 0.3) is 0 Å². The minimum absolute atomic E-state index is 0.516. The van der Waals surface area contributed by atoms with Gasteiger partial charge >= 0.3 is 0 Å². The molecule has 0 aliphatic carbocycles. The Morgan fingerprint density at radius 3 is 2.60 bits per heavy atom. The molecule has 0 unspecified atom stereocenters. The molecule has 0 aliphatic heterocycles. The molecule has 0 atom stereocenters. The van der Waals surface area contributed by atoms with Gasteiger partial charge in [-0.3, -0.25) is 4.57 Å². The predicted molar refractivity (Wildman–Crippen MR) is 65.5 cm³/mol. The van der Waals surface area contributed by atoms with E-state index in [1.807, 2.05) is 11.5 Å². The number of aromatic nitrogens is 2. The third-order valence-corrected chi connectivity index (χ3v) is 4.01. The van der Waals surface area contributed by atoms with Crippen LogP contribution in [0.4, 0.5) is 5.82 Å². The van der Waals surface area contributed by atoms with Crippen LogP contribution in [0.1, 0.15) is 5.82 Å². The monoisotopic (exact) mass is 227 g/mol. The summed E-state index contributed by atoms with van der Waals surface area (Å²) < 4.78 is 7.47. The van der Waals surface area contributed by atoms with Crippen LogP contribution in [0.15, 0.2) is 6.20 Å². The summed E-state index contributed by atoms with van der Waals surface area (Å²) in [5.41, 5.74) is 5.74. The van der Waals surface area contributed by atoms with Gasteiger partial charge in [-0.2, -0.15) is 0 Å². The molecule has 1 aromatic heterocycles. The van der Waals surface area contributed by atoms with Gasteiger partial charge in [-0.05, 0) is 13.0 Å². The van der Waals surface area contributed by atoms with Crippen LogP contribution < -0.4 is 5.73 Å². The predicted octanol–water partition coefficient (Wildman–Crippen LogP) is 2.09. The Morgan fingerprint density at radius 1 is 1.47 bits per heavy atom. The number of nitrogen functional groups attached to an aromatic ring is 1. The van der Waals surface area contributed by atoms with Crippen molar-refractivity contribution in [1.29, 1.82) is 0 Å². The molecule has 5 heteroatoms. The van der Waals surface area contributed by atoms with Gasteiger partial charge in [-0.25, -0.2) is 4.98 Å². The largest absolute Gasteiger partial charge is 0.384 e. The van der Waals surface area contributed by atoms with Crippen LogP contribution in [0.25, 0.3) is 0 Å². The third-order valence-electron chi connectivity index (χ3n) is 2.30. The molecule has 0 amide bonds. The fraction of sp³-hybridized carbons (Fsp3) is 0.700. The van der Waals surface area contributed by atoms with Crippen molar-refractivity contribution in [2.24, 2.45) is 0 Å². The molecule has 0 saturated carbocycles. The van der Waals surface area contributed by atoms with E-state index in [1.54, 1.807) is 6.20 Å². The minimum Gasteiger partial charge on any atom is -0.384 e. The Kier molecular flexibility index (Phi) is 3.93. The number of imidazole rings is 1. The SMILES string of the molecule is Cc1ncc(N)n1COCC[Si](C)(C)C. The van der Waals surface area contributed by atoms with E-state index in [0.717, 1.165) is 12.4 Å². The summed E-state index contributed by atoms with van der Waals surface area (Å²) >= 11 is 0. The molecule has 4 nitrogen and oxygen atoms in total. The van der Waals surface area contributed by atoms with E-state index in [9.17, 15) is 0 Å². The van der Waals surface area contributed by atoms with Crippen LogP contribution in [0, 0.1) is 6.92 Å². The van der Waals surface area contributed by atoms with Crippen molar-refractivity contribution in [3.8, 4) is 0 Å². The average molecular weight is 227 g/mol. The number of anilines is 1. The minimum atomic E-state index is -0.988. The van der Waals surface area contributed by atoms with E-state index >= 15 is 0 Å². The third kappa shape index (κ3) is 4.05. The van der Waals surface area contributed by atoms with Crippen molar-refractivity contribution in [2.45, 2.75) is 39.3 Å². The van der Waals surface area contributed by atoms with E-state index in [2.05, 4.69) is 24.6 Å². The number of nitrogens with zero attached hydrogens (tertiary/aromatic N) is 2. The second-order valence-corrected chi connectivity index (χ2v) is 10.6. The zero-order chi connectivity index (χ0) is 11.5. The fourth-order valence-electron chi connectivity index (χ4n) is 1.19. The molecule has 0 radical (unpaired) electrons. The van der Waals surface area contributed by atoms with Gasteiger partial charge in [0, 0.05) is 14.7 Å². The molecule has 1 heterocycles. The number of hydrogen-bond acceptors (Lipinski definition) is 3. The van der Waals surface area contributed by atoms with Crippen molar-refractivity contribution in [2.75, 3.05) is 12.3 Å². The quantitative estimate of drug-likeness (QED) is 0.619. The Labute approximate surface area is 92.5 Å². The number of nitrogens with two attached hydrogens (primary N) is 1. The first-order chi connectivity index (χ1) is 6.90. The molecule has 1 rings (SSSR count). The van der Waals surface area contributed by atoms with Gasteiger partial charge < -0.3 is 10.5 Å². The van der Waals surface area contributed by atoms with Crippen LogP contribution in [0.3, 0.4) is 0 Å². The van der Waals surface area contributed by atoms with Gasteiger partial charge in [0.15, 0.2) is 0 Å². The molecule has 0 spiro atoms. The summed E-state index contributed by atoms with van der Waals surface area (Å²) in [6.07, 6.45) is 1.66. The molecule has 2 N–H and O–H groups in total. The molecule has 1 aromatic rings. The summed E-state index contributed by atoms with van der Waals surface area (Å²) in [5, 5.41) is 0. The van der Waals surface area contributed by atoms with Gasteiger partial charge in [0.2, 0.25) is 0 Å². The maximum Gasteiger partial charge on any atom is 0.125 e. The molecule has 0 aromatic carbocycles. The zero-order valence-corrected chi connectivity index (χ0v) is 11.1. The summed E-state index contributed by atoms with van der Waals surface area (Å²) in [4.78, 5) is 4.11. The molecule has 86 valence electrons. The van der Waals surface area contributed by atoms with Gasteiger partial charge in [0.05, 0.1) is 6.20 Å². The number of ether oxygens (including phenoxy) is 1. The average Bonchev–Trinajstić information content (AvgIpc) is 2.40. The lowest BCUT2D eigenvalue weighted by atomic mass is 10.7. The Hall–Kier alpha value is -0.813. The molecular formula is C10H21N3OSi. The molecule has 0 saturated heterocycles. The first kappa shape index (κ1) is 12.3. The fourth-order valence-corrected chi connectivity index (χ4v) is 1.94. The van der Waals surface area contributed by atoms with Gasteiger partial charge in [-0.15, -0.1) is 0 Å². The second kappa shape index (κ2) is 4.81. The lowest BCUT2D eigenvalue weighted by molar-refractivity contribution is 0.0872.